The van der Waals surface area contributed by atoms with Gasteiger partial charge in [0.05, 0.1) is 11.3 Å². The molecular formula is C16H21N3O3. The maximum atomic E-state index is 12.2. The Morgan fingerprint density at radius 3 is 2.77 bits per heavy atom. The lowest BCUT2D eigenvalue weighted by Crippen LogP contribution is -2.42. The van der Waals surface area contributed by atoms with Gasteiger partial charge in [-0.1, -0.05) is 19.1 Å². The number of nitrogens with one attached hydrogen (secondary N) is 3. The number of amides is 3. The number of carbonyl (C=O) groups is 3. The molecule has 1 aromatic carbocycles. The average Bonchev–Trinajstić information content (AvgIpc) is 2.62. The van der Waals surface area contributed by atoms with Gasteiger partial charge >= 0.3 is 0 Å². The lowest BCUT2D eigenvalue weighted by atomic mass is 10.1. The Morgan fingerprint density at radius 2 is 2.05 bits per heavy atom. The Labute approximate surface area is 129 Å². The van der Waals surface area contributed by atoms with E-state index < -0.39 is 6.04 Å². The van der Waals surface area contributed by atoms with E-state index in [0.29, 0.717) is 11.3 Å². The predicted molar refractivity (Wildman–Crippen MR) is 83.5 cm³/mol. The van der Waals surface area contributed by atoms with Gasteiger partial charge < -0.3 is 16.0 Å². The first-order valence-corrected chi connectivity index (χ1v) is 7.51. The van der Waals surface area contributed by atoms with Gasteiger partial charge in [0.15, 0.2) is 0 Å². The van der Waals surface area contributed by atoms with Gasteiger partial charge in [0.25, 0.3) is 5.91 Å². The molecule has 0 unspecified atom stereocenters. The number of fused-ring (bicyclic) bond motifs is 1. The van der Waals surface area contributed by atoms with E-state index in [-0.39, 0.29) is 36.6 Å². The summed E-state index contributed by atoms with van der Waals surface area (Å²) in [6.07, 6.45) is 1.31. The van der Waals surface area contributed by atoms with Crippen molar-refractivity contribution in [1.82, 2.24) is 10.6 Å². The number of hydrogen-bond donors (Lipinski definition) is 3. The molecule has 6 nitrogen and oxygen atoms in total. The molecule has 0 fully saturated rings. The molecule has 1 aromatic rings. The normalized spacial score (nSPS) is 18.5. The molecule has 6 heteroatoms. The van der Waals surface area contributed by atoms with E-state index in [1.54, 1.807) is 24.3 Å². The smallest absolute Gasteiger partial charge is 0.254 e. The molecule has 2 rings (SSSR count). The fourth-order valence-corrected chi connectivity index (χ4v) is 2.24. The highest BCUT2D eigenvalue weighted by Gasteiger charge is 2.27. The summed E-state index contributed by atoms with van der Waals surface area (Å²) in [4.78, 5) is 36.1. The number of hydrogen-bond acceptors (Lipinski definition) is 3. The van der Waals surface area contributed by atoms with E-state index in [9.17, 15) is 14.4 Å². The molecule has 2 atom stereocenters. The quantitative estimate of drug-likeness (QED) is 0.769. The van der Waals surface area contributed by atoms with E-state index in [1.165, 1.54) is 0 Å². The zero-order valence-electron chi connectivity index (χ0n) is 12.8. The number of rotatable bonds is 5. The van der Waals surface area contributed by atoms with Crippen LogP contribution < -0.4 is 16.0 Å². The Balaban J connectivity index is 1.98. The van der Waals surface area contributed by atoms with Gasteiger partial charge in [-0.15, -0.1) is 0 Å². The Hall–Kier alpha value is -2.37. The molecule has 0 spiro atoms. The van der Waals surface area contributed by atoms with Gasteiger partial charge in [0, 0.05) is 12.5 Å². The monoisotopic (exact) mass is 303 g/mol. The minimum atomic E-state index is -0.706. The van der Waals surface area contributed by atoms with Crippen molar-refractivity contribution in [3.05, 3.63) is 29.8 Å². The fourth-order valence-electron chi connectivity index (χ4n) is 2.24. The maximum Gasteiger partial charge on any atom is 0.254 e. The topological polar surface area (TPSA) is 87.3 Å². The first kappa shape index (κ1) is 16.0. The Morgan fingerprint density at radius 1 is 1.32 bits per heavy atom. The van der Waals surface area contributed by atoms with Crippen LogP contribution in [-0.2, 0) is 9.59 Å². The lowest BCUT2D eigenvalue weighted by Gasteiger charge is -2.15. The summed E-state index contributed by atoms with van der Waals surface area (Å²) in [6, 6.07) is 6.24. The number of anilines is 1. The Kier molecular flexibility index (Phi) is 5.14. The van der Waals surface area contributed by atoms with Crippen molar-refractivity contribution in [1.29, 1.82) is 0 Å². The van der Waals surface area contributed by atoms with E-state index in [0.717, 1.165) is 6.42 Å². The second-order valence-electron chi connectivity index (χ2n) is 5.48. The van der Waals surface area contributed by atoms with Crippen molar-refractivity contribution in [2.45, 2.75) is 45.2 Å². The lowest BCUT2D eigenvalue weighted by molar-refractivity contribution is -0.122. The first-order valence-electron chi connectivity index (χ1n) is 7.51. The van der Waals surface area contributed by atoms with Gasteiger partial charge in [0.2, 0.25) is 11.8 Å². The molecule has 3 N–H and O–H groups in total. The van der Waals surface area contributed by atoms with Gasteiger partial charge in [-0.05, 0) is 31.9 Å². The molecular weight excluding hydrogens is 282 g/mol. The summed E-state index contributed by atoms with van der Waals surface area (Å²) in [6.45, 7) is 3.91. The maximum absolute atomic E-state index is 12.2. The summed E-state index contributed by atoms with van der Waals surface area (Å²) >= 11 is 0. The summed E-state index contributed by atoms with van der Waals surface area (Å²) in [5.74, 6) is -0.714. The summed E-state index contributed by atoms with van der Waals surface area (Å²) in [7, 11) is 0. The van der Waals surface area contributed by atoms with Crippen LogP contribution in [0.5, 0.6) is 0 Å². The van der Waals surface area contributed by atoms with Crippen molar-refractivity contribution < 1.29 is 14.4 Å². The Bertz CT molecular complexity index is 586. The third kappa shape index (κ3) is 3.84. The van der Waals surface area contributed by atoms with Crippen LogP contribution in [0.15, 0.2) is 24.3 Å². The summed E-state index contributed by atoms with van der Waals surface area (Å²) in [5.41, 5.74) is 0.930. The summed E-state index contributed by atoms with van der Waals surface area (Å²) < 4.78 is 0. The minimum absolute atomic E-state index is 0.106. The average molecular weight is 303 g/mol. The predicted octanol–water partition coefficient (Wildman–Crippen LogP) is 1.43. The highest BCUT2D eigenvalue weighted by molar-refractivity contribution is 6.09. The van der Waals surface area contributed by atoms with E-state index in [1.807, 2.05) is 13.8 Å². The van der Waals surface area contributed by atoms with E-state index >= 15 is 0 Å². The van der Waals surface area contributed by atoms with Crippen LogP contribution in [-0.4, -0.2) is 29.8 Å². The van der Waals surface area contributed by atoms with Crippen molar-refractivity contribution >= 4 is 23.4 Å². The summed E-state index contributed by atoms with van der Waals surface area (Å²) in [5, 5.41) is 8.25. The molecule has 0 aromatic heterocycles. The molecule has 22 heavy (non-hydrogen) atoms. The minimum Gasteiger partial charge on any atom is -0.354 e. The molecule has 0 radical (unpaired) electrons. The molecule has 3 amide bonds. The van der Waals surface area contributed by atoms with Crippen LogP contribution in [0.4, 0.5) is 5.69 Å². The molecule has 1 aliphatic rings. The zero-order chi connectivity index (χ0) is 16.1. The van der Waals surface area contributed by atoms with Crippen LogP contribution in [0.25, 0.3) is 0 Å². The van der Waals surface area contributed by atoms with Gasteiger partial charge in [-0.2, -0.15) is 0 Å². The highest BCUT2D eigenvalue weighted by atomic mass is 16.2. The molecule has 0 saturated heterocycles. The number of benzene rings is 1. The number of carbonyl (C=O) groups excluding carboxylic acids is 3. The molecule has 0 aliphatic carbocycles. The standard InChI is InChI=1S/C16H21N3O3/c1-3-10(2)17-14(20)9-8-13-16(22)18-12-7-5-4-6-11(12)15(21)19-13/h4-7,10,13H,3,8-9H2,1-2H3,(H,17,20)(H,18,22)(H,19,21)/t10-,13-/m1/s1. The molecule has 0 saturated carbocycles. The molecule has 1 aliphatic heterocycles. The third-order valence-corrected chi connectivity index (χ3v) is 3.73. The second kappa shape index (κ2) is 7.06. The van der Waals surface area contributed by atoms with Crippen molar-refractivity contribution in [3.63, 3.8) is 0 Å². The largest absolute Gasteiger partial charge is 0.354 e. The van der Waals surface area contributed by atoms with E-state index in [2.05, 4.69) is 16.0 Å². The van der Waals surface area contributed by atoms with Crippen LogP contribution in [0.1, 0.15) is 43.5 Å². The number of para-hydroxylation sites is 1. The van der Waals surface area contributed by atoms with Crippen LogP contribution in [0.3, 0.4) is 0 Å². The SMILES string of the molecule is CC[C@@H](C)NC(=O)CC[C@H]1NC(=O)c2ccccc2NC1=O. The molecule has 118 valence electrons. The van der Waals surface area contributed by atoms with Gasteiger partial charge in [-0.25, -0.2) is 0 Å². The van der Waals surface area contributed by atoms with Crippen LogP contribution in [0.2, 0.25) is 0 Å². The van der Waals surface area contributed by atoms with Crippen molar-refractivity contribution in [3.8, 4) is 0 Å². The first-order chi connectivity index (χ1) is 10.5. The molecule has 0 bridgehead atoms. The van der Waals surface area contributed by atoms with Gasteiger partial charge in [-0.3, -0.25) is 14.4 Å². The zero-order valence-corrected chi connectivity index (χ0v) is 12.8. The second-order valence-corrected chi connectivity index (χ2v) is 5.48. The highest BCUT2D eigenvalue weighted by Crippen LogP contribution is 2.19. The van der Waals surface area contributed by atoms with Crippen molar-refractivity contribution in [2.75, 3.05) is 5.32 Å². The van der Waals surface area contributed by atoms with Crippen LogP contribution in [0, 0.1) is 0 Å². The van der Waals surface area contributed by atoms with Crippen molar-refractivity contribution in [2.24, 2.45) is 0 Å². The van der Waals surface area contributed by atoms with Gasteiger partial charge in [0.1, 0.15) is 6.04 Å². The fraction of sp³-hybridized carbons (Fsp3) is 0.438. The third-order valence-electron chi connectivity index (χ3n) is 3.73. The van der Waals surface area contributed by atoms with Crippen LogP contribution >= 0.6 is 0 Å². The van der Waals surface area contributed by atoms with E-state index in [4.69, 9.17) is 0 Å². The molecule has 1 heterocycles.